The molecule has 276 valence electrons. The van der Waals surface area contributed by atoms with Crippen LogP contribution in [0, 0.1) is 9.02 Å². The maximum absolute atomic E-state index is 12.8. The van der Waals surface area contributed by atoms with Gasteiger partial charge in [0.05, 0.1) is 23.2 Å². The monoisotopic (exact) mass is 772 g/mol. The fourth-order valence-electron chi connectivity index (χ4n) is 6.28. The first kappa shape index (κ1) is 37.4. The third-order valence-electron chi connectivity index (χ3n) is 9.12. The van der Waals surface area contributed by atoms with Gasteiger partial charge in [-0.15, -0.1) is 0 Å². The average Bonchev–Trinajstić information content (AvgIpc) is 3.25. The Balaban J connectivity index is 0.000000172. The van der Waals surface area contributed by atoms with Crippen LogP contribution in [0.15, 0.2) is 158 Å². The van der Waals surface area contributed by atoms with Crippen molar-refractivity contribution in [2.75, 3.05) is 24.9 Å². The summed E-state index contributed by atoms with van der Waals surface area (Å²) in [6, 6.07) is 49.1. The summed E-state index contributed by atoms with van der Waals surface area (Å²) in [6.07, 6.45) is 0. The van der Waals surface area contributed by atoms with Crippen molar-refractivity contribution in [3.8, 4) is 33.8 Å². The Bertz CT molecular complexity index is 2590. The van der Waals surface area contributed by atoms with Gasteiger partial charge in [-0.05, 0) is 71.8 Å². The number of methoxy groups -OCH3 is 2. The Morgan fingerprint density at radius 1 is 0.464 bits per heavy atom. The number of nitrogens with one attached hydrogen (secondary N) is 4. The Morgan fingerprint density at radius 3 is 1.16 bits per heavy atom. The third-order valence-corrected chi connectivity index (χ3v) is 9.97. The van der Waals surface area contributed by atoms with Gasteiger partial charge in [0.15, 0.2) is 0 Å². The zero-order valence-corrected chi connectivity index (χ0v) is 32.1. The predicted molar refractivity (Wildman–Crippen MR) is 231 cm³/mol. The summed E-state index contributed by atoms with van der Waals surface area (Å²) in [5.74, 6) is 2.27. The van der Waals surface area contributed by atoms with E-state index in [0.29, 0.717) is 31.8 Å². The minimum Gasteiger partial charge on any atom is -0.497 e. The van der Waals surface area contributed by atoms with Gasteiger partial charge in [-0.2, -0.15) is 0 Å². The van der Waals surface area contributed by atoms with Crippen molar-refractivity contribution in [3.05, 3.63) is 178 Å². The molecule has 6 aromatic carbocycles. The topological polar surface area (TPSA) is 108 Å². The number of hydrogen-bond donors (Lipinski definition) is 4. The Morgan fingerprint density at radius 2 is 0.804 bits per heavy atom. The van der Waals surface area contributed by atoms with Gasteiger partial charge in [0.1, 0.15) is 23.1 Å². The second-order valence-corrected chi connectivity index (χ2v) is 13.4. The number of ether oxygens (including phenoxy) is 2. The molecule has 0 fully saturated rings. The minimum absolute atomic E-state index is 0.198. The van der Waals surface area contributed by atoms with Crippen LogP contribution in [0.1, 0.15) is 20.7 Å². The SMILES string of the molecule is COc1ccc(-c2c(NC(=O)c3ccccc3)[nH]c3ccccc3c2=S)cc1.COc1ccc(-c2c(NC(=O)c3ccccc3)[nH]c3ccccc3c2=S)cc1. The highest BCUT2D eigenvalue weighted by molar-refractivity contribution is 7.72. The number of aromatic nitrogens is 2. The van der Waals surface area contributed by atoms with Crippen molar-refractivity contribution >= 4 is 69.7 Å². The van der Waals surface area contributed by atoms with Crippen LogP contribution in [0.5, 0.6) is 11.5 Å². The summed E-state index contributed by atoms with van der Waals surface area (Å²) < 4.78 is 11.9. The van der Waals surface area contributed by atoms with Crippen LogP contribution in [-0.4, -0.2) is 36.0 Å². The summed E-state index contributed by atoms with van der Waals surface area (Å²) in [6.45, 7) is 0. The van der Waals surface area contributed by atoms with Crippen LogP contribution < -0.4 is 20.1 Å². The smallest absolute Gasteiger partial charge is 0.256 e. The van der Waals surface area contributed by atoms with E-state index in [1.807, 2.05) is 133 Å². The lowest BCUT2D eigenvalue weighted by Crippen LogP contribution is -2.14. The number of fused-ring (bicyclic) bond motifs is 2. The van der Waals surface area contributed by atoms with Gasteiger partial charge in [-0.1, -0.05) is 121 Å². The largest absolute Gasteiger partial charge is 0.497 e. The standard InChI is InChI=1S/2C23H18N2O2S/c2*1-27-17-13-11-15(12-14-17)20-21(28)18-9-5-6-10-19(18)24-22(20)25-23(26)16-7-3-2-4-8-16/h2*2-14H,1H3,(H2,24,25,26,28). The van der Waals surface area contributed by atoms with Gasteiger partial charge < -0.3 is 30.1 Å². The second-order valence-electron chi connectivity index (χ2n) is 12.6. The number of rotatable bonds is 8. The number of anilines is 2. The molecule has 0 unspecified atom stereocenters. The molecule has 0 bridgehead atoms. The van der Waals surface area contributed by atoms with Crippen LogP contribution >= 0.6 is 24.4 Å². The maximum Gasteiger partial charge on any atom is 0.256 e. The molecular weight excluding hydrogens is 737 g/mol. The van der Waals surface area contributed by atoms with E-state index in [4.69, 9.17) is 33.9 Å². The number of aromatic amines is 2. The highest BCUT2D eigenvalue weighted by Crippen LogP contribution is 2.35. The number of amides is 2. The van der Waals surface area contributed by atoms with Gasteiger partial charge in [0, 0.05) is 44.1 Å². The minimum atomic E-state index is -0.198. The Labute approximate surface area is 333 Å². The average molecular weight is 773 g/mol. The van der Waals surface area contributed by atoms with Crippen LogP contribution in [0.2, 0.25) is 0 Å². The zero-order chi connectivity index (χ0) is 39.0. The number of para-hydroxylation sites is 2. The Hall–Kier alpha value is -6.88. The Kier molecular flexibility index (Phi) is 11.4. The van der Waals surface area contributed by atoms with Crippen molar-refractivity contribution in [1.82, 2.24) is 9.97 Å². The van der Waals surface area contributed by atoms with Gasteiger partial charge in [0.25, 0.3) is 11.8 Å². The van der Waals surface area contributed by atoms with Gasteiger partial charge in [-0.3, -0.25) is 9.59 Å². The molecule has 0 aliphatic rings. The van der Waals surface area contributed by atoms with E-state index >= 15 is 0 Å². The molecule has 0 spiro atoms. The molecular formula is C46H36N4O4S2. The second kappa shape index (κ2) is 17.1. The molecule has 8 nitrogen and oxygen atoms in total. The molecule has 2 aromatic heterocycles. The van der Waals surface area contributed by atoms with Crippen molar-refractivity contribution < 1.29 is 19.1 Å². The number of carbonyl (C=O) groups excluding carboxylic acids is 2. The van der Waals surface area contributed by atoms with E-state index < -0.39 is 0 Å². The number of hydrogen-bond acceptors (Lipinski definition) is 6. The lowest BCUT2D eigenvalue weighted by Gasteiger charge is -2.14. The molecule has 2 amide bonds. The highest BCUT2D eigenvalue weighted by atomic mass is 32.1. The fraction of sp³-hybridized carbons (Fsp3) is 0.0435. The summed E-state index contributed by atoms with van der Waals surface area (Å²) >= 11 is 11.6. The highest BCUT2D eigenvalue weighted by Gasteiger charge is 2.17. The molecule has 0 saturated carbocycles. The summed E-state index contributed by atoms with van der Waals surface area (Å²) in [7, 11) is 3.26. The molecule has 0 saturated heterocycles. The van der Waals surface area contributed by atoms with Crippen LogP contribution in [0.25, 0.3) is 44.1 Å². The molecule has 56 heavy (non-hydrogen) atoms. The first-order valence-electron chi connectivity index (χ1n) is 17.7. The molecule has 8 aromatic rings. The number of carbonyl (C=O) groups is 2. The lowest BCUT2D eigenvalue weighted by atomic mass is 10.0. The van der Waals surface area contributed by atoms with Gasteiger partial charge in [0.2, 0.25) is 0 Å². The van der Waals surface area contributed by atoms with Crippen LogP contribution in [0.4, 0.5) is 11.6 Å². The van der Waals surface area contributed by atoms with Crippen LogP contribution in [-0.2, 0) is 0 Å². The zero-order valence-electron chi connectivity index (χ0n) is 30.5. The normalized spacial score (nSPS) is 10.6. The quantitative estimate of drug-likeness (QED) is 0.115. The van der Waals surface area contributed by atoms with Crippen LogP contribution in [0.3, 0.4) is 0 Å². The van der Waals surface area contributed by atoms with E-state index in [1.54, 1.807) is 38.5 Å². The summed E-state index contributed by atoms with van der Waals surface area (Å²) in [5.41, 5.74) is 6.25. The van der Waals surface area contributed by atoms with E-state index in [9.17, 15) is 9.59 Å². The lowest BCUT2D eigenvalue weighted by molar-refractivity contribution is 0.101. The van der Waals surface area contributed by atoms with Gasteiger partial charge >= 0.3 is 0 Å². The van der Waals surface area contributed by atoms with E-state index in [1.165, 1.54) is 0 Å². The first-order valence-corrected chi connectivity index (χ1v) is 18.5. The maximum atomic E-state index is 12.8. The van der Waals surface area contributed by atoms with E-state index in [-0.39, 0.29) is 11.8 Å². The number of pyridine rings is 2. The molecule has 0 aliphatic carbocycles. The van der Waals surface area contributed by atoms with Crippen molar-refractivity contribution in [2.24, 2.45) is 0 Å². The molecule has 10 heteroatoms. The molecule has 0 aliphatic heterocycles. The molecule has 0 atom stereocenters. The molecule has 8 rings (SSSR count). The van der Waals surface area contributed by atoms with Crippen molar-refractivity contribution in [1.29, 1.82) is 0 Å². The molecule has 2 heterocycles. The van der Waals surface area contributed by atoms with E-state index in [0.717, 1.165) is 55.6 Å². The molecule has 4 N–H and O–H groups in total. The van der Waals surface area contributed by atoms with Crippen molar-refractivity contribution in [2.45, 2.75) is 0 Å². The van der Waals surface area contributed by atoms with Gasteiger partial charge in [-0.25, -0.2) is 0 Å². The predicted octanol–water partition coefficient (Wildman–Crippen LogP) is 11.7. The number of benzene rings is 6. The summed E-state index contributed by atoms with van der Waals surface area (Å²) in [4.78, 5) is 32.2. The first-order chi connectivity index (χ1) is 27.3. The van der Waals surface area contributed by atoms with E-state index in [2.05, 4.69) is 20.6 Å². The third kappa shape index (κ3) is 8.12. The van der Waals surface area contributed by atoms with Crippen molar-refractivity contribution in [3.63, 3.8) is 0 Å². The summed E-state index contributed by atoms with van der Waals surface area (Å²) in [5, 5.41) is 7.85. The molecule has 0 radical (unpaired) electrons. The fourth-order valence-corrected chi connectivity index (χ4v) is 7.07. The number of H-pyrrole nitrogens is 2.